The summed E-state index contributed by atoms with van der Waals surface area (Å²) in [6, 6.07) is 8.99. The van der Waals surface area contributed by atoms with E-state index in [0.717, 1.165) is 0 Å². The molecule has 0 aliphatic rings. The van der Waals surface area contributed by atoms with E-state index in [-0.39, 0.29) is 12.5 Å². The number of hydrogen-bond acceptors (Lipinski definition) is 3. The van der Waals surface area contributed by atoms with Crippen LogP contribution in [0.1, 0.15) is 32.3 Å². The Kier molecular flexibility index (Phi) is 6.37. The van der Waals surface area contributed by atoms with Gasteiger partial charge in [-0.15, -0.1) is 0 Å². The van der Waals surface area contributed by atoms with E-state index in [4.69, 9.17) is 4.74 Å². The minimum atomic E-state index is -1.12. The Morgan fingerprint density at radius 3 is 2.33 bits per heavy atom. The molecule has 0 saturated carbocycles. The Labute approximate surface area is 125 Å². The molecule has 5 heteroatoms. The maximum absolute atomic E-state index is 12.0. The van der Waals surface area contributed by atoms with Crippen LogP contribution in [0.3, 0.4) is 0 Å². The molecule has 0 heterocycles. The zero-order chi connectivity index (χ0) is 15.9. The van der Waals surface area contributed by atoms with Crippen LogP contribution in [0.15, 0.2) is 30.3 Å². The van der Waals surface area contributed by atoms with Gasteiger partial charge in [0.15, 0.2) is 0 Å². The zero-order valence-electron chi connectivity index (χ0n) is 12.8. The molecule has 5 nitrogen and oxygen atoms in total. The van der Waals surface area contributed by atoms with E-state index in [9.17, 15) is 14.7 Å². The third-order valence-electron chi connectivity index (χ3n) is 3.85. The van der Waals surface area contributed by atoms with E-state index >= 15 is 0 Å². The lowest BCUT2D eigenvalue weighted by Crippen LogP contribution is -2.48. The summed E-state index contributed by atoms with van der Waals surface area (Å²) in [6.07, 6.45) is 0.375. The third-order valence-corrected chi connectivity index (χ3v) is 3.85. The highest BCUT2D eigenvalue weighted by Crippen LogP contribution is 2.27. The van der Waals surface area contributed by atoms with Crippen LogP contribution in [0.25, 0.3) is 0 Å². The topological polar surface area (TPSA) is 75.6 Å². The number of benzene rings is 1. The van der Waals surface area contributed by atoms with Crippen molar-refractivity contribution in [1.82, 2.24) is 5.32 Å². The van der Waals surface area contributed by atoms with Crippen LogP contribution in [-0.2, 0) is 19.7 Å². The Bertz CT molecular complexity index is 470. The van der Waals surface area contributed by atoms with Gasteiger partial charge in [-0.2, -0.15) is 0 Å². The smallest absolute Gasteiger partial charge is 0.315 e. The number of aliphatic carboxylic acids is 1. The van der Waals surface area contributed by atoms with Gasteiger partial charge in [-0.25, -0.2) is 0 Å². The van der Waals surface area contributed by atoms with Crippen molar-refractivity contribution < 1.29 is 19.4 Å². The van der Waals surface area contributed by atoms with Crippen LogP contribution in [0.4, 0.5) is 0 Å². The fraction of sp³-hybridized carbons (Fsp3) is 0.500. The van der Waals surface area contributed by atoms with Crippen molar-refractivity contribution in [3.8, 4) is 0 Å². The monoisotopic (exact) mass is 293 g/mol. The SMILES string of the molecule is CCC(OC)C(=O)NCC(CC)(C(=O)O)c1ccccc1. The molecule has 21 heavy (non-hydrogen) atoms. The first-order valence-corrected chi connectivity index (χ1v) is 7.11. The molecule has 0 radical (unpaired) electrons. The first kappa shape index (κ1) is 17.2. The summed E-state index contributed by atoms with van der Waals surface area (Å²) >= 11 is 0. The normalized spacial score (nSPS) is 15.0. The fourth-order valence-corrected chi connectivity index (χ4v) is 2.35. The zero-order valence-corrected chi connectivity index (χ0v) is 12.8. The van der Waals surface area contributed by atoms with Crippen LogP contribution in [0, 0.1) is 0 Å². The van der Waals surface area contributed by atoms with Gasteiger partial charge in [-0.05, 0) is 18.4 Å². The first-order chi connectivity index (χ1) is 10.0. The van der Waals surface area contributed by atoms with Crippen molar-refractivity contribution in [2.24, 2.45) is 0 Å². The maximum atomic E-state index is 12.0. The molecular formula is C16H23NO4. The Morgan fingerprint density at radius 1 is 1.29 bits per heavy atom. The van der Waals surface area contributed by atoms with Gasteiger partial charge in [-0.3, -0.25) is 9.59 Å². The molecule has 116 valence electrons. The molecule has 2 unspecified atom stereocenters. The predicted octanol–water partition coefficient (Wildman–Crippen LogP) is 1.96. The van der Waals surface area contributed by atoms with Crippen LogP contribution < -0.4 is 5.32 Å². The quantitative estimate of drug-likeness (QED) is 0.768. The minimum absolute atomic E-state index is 0.0432. The second-order valence-corrected chi connectivity index (χ2v) is 4.96. The van der Waals surface area contributed by atoms with Crippen molar-refractivity contribution in [3.05, 3.63) is 35.9 Å². The second kappa shape index (κ2) is 7.78. The van der Waals surface area contributed by atoms with Crippen LogP contribution >= 0.6 is 0 Å². The number of amides is 1. The summed E-state index contributed by atoms with van der Waals surface area (Å²) in [5, 5.41) is 12.4. The van der Waals surface area contributed by atoms with Crippen molar-refractivity contribution in [2.75, 3.05) is 13.7 Å². The van der Waals surface area contributed by atoms with Gasteiger partial charge >= 0.3 is 5.97 Å². The predicted molar refractivity (Wildman–Crippen MR) is 80.1 cm³/mol. The molecule has 0 fully saturated rings. The second-order valence-electron chi connectivity index (χ2n) is 4.96. The Balaban J connectivity index is 2.95. The van der Waals surface area contributed by atoms with Crippen molar-refractivity contribution in [1.29, 1.82) is 0 Å². The van der Waals surface area contributed by atoms with Gasteiger partial charge in [0.1, 0.15) is 11.5 Å². The summed E-state index contributed by atoms with van der Waals surface area (Å²) in [6.45, 7) is 3.69. The molecule has 0 bridgehead atoms. The molecule has 1 rings (SSSR count). The molecule has 0 spiro atoms. The van der Waals surface area contributed by atoms with Gasteiger partial charge in [-0.1, -0.05) is 44.2 Å². The Morgan fingerprint density at radius 2 is 1.90 bits per heavy atom. The van der Waals surface area contributed by atoms with E-state index < -0.39 is 17.5 Å². The molecule has 1 aromatic rings. The third kappa shape index (κ3) is 3.82. The Hall–Kier alpha value is -1.88. The molecule has 0 aromatic heterocycles. The van der Waals surface area contributed by atoms with Crippen molar-refractivity contribution in [3.63, 3.8) is 0 Å². The summed E-state index contributed by atoms with van der Waals surface area (Å²) in [5.74, 6) is -1.23. The highest BCUT2D eigenvalue weighted by Gasteiger charge is 2.39. The summed E-state index contributed by atoms with van der Waals surface area (Å²) in [4.78, 5) is 23.8. The van der Waals surface area contributed by atoms with Gasteiger partial charge in [0.2, 0.25) is 5.91 Å². The molecule has 2 N–H and O–H groups in total. The average molecular weight is 293 g/mol. The number of carboxylic acid groups (broad SMARTS) is 1. The summed E-state index contributed by atoms with van der Waals surface area (Å²) in [7, 11) is 1.47. The lowest BCUT2D eigenvalue weighted by atomic mass is 9.78. The number of carboxylic acids is 1. The lowest BCUT2D eigenvalue weighted by Gasteiger charge is -2.29. The molecule has 0 aliphatic carbocycles. The first-order valence-electron chi connectivity index (χ1n) is 7.11. The highest BCUT2D eigenvalue weighted by molar-refractivity contribution is 5.85. The standard InChI is InChI=1S/C16H23NO4/c1-4-13(21-3)14(18)17-11-16(5-2,15(19)20)12-9-7-6-8-10-12/h6-10,13H,4-5,11H2,1-3H3,(H,17,18)(H,19,20). The van der Waals surface area contributed by atoms with Gasteiger partial charge in [0, 0.05) is 13.7 Å². The van der Waals surface area contributed by atoms with Crippen LogP contribution in [0.5, 0.6) is 0 Å². The number of carbonyl (C=O) groups excluding carboxylic acids is 1. The number of hydrogen-bond donors (Lipinski definition) is 2. The summed E-state index contributed by atoms with van der Waals surface area (Å²) in [5.41, 5.74) is -0.436. The summed E-state index contributed by atoms with van der Waals surface area (Å²) < 4.78 is 5.07. The number of carbonyl (C=O) groups is 2. The van der Waals surface area contributed by atoms with Crippen LogP contribution in [-0.4, -0.2) is 36.7 Å². The van der Waals surface area contributed by atoms with Gasteiger partial charge in [0.25, 0.3) is 0 Å². The molecule has 2 atom stereocenters. The van der Waals surface area contributed by atoms with Gasteiger partial charge < -0.3 is 15.2 Å². The van der Waals surface area contributed by atoms with Crippen LogP contribution in [0.2, 0.25) is 0 Å². The number of methoxy groups -OCH3 is 1. The van der Waals surface area contributed by atoms with E-state index in [1.165, 1.54) is 7.11 Å². The highest BCUT2D eigenvalue weighted by atomic mass is 16.5. The van der Waals surface area contributed by atoms with E-state index in [2.05, 4.69) is 5.32 Å². The van der Waals surface area contributed by atoms with Crippen molar-refractivity contribution >= 4 is 11.9 Å². The van der Waals surface area contributed by atoms with E-state index in [0.29, 0.717) is 18.4 Å². The minimum Gasteiger partial charge on any atom is -0.481 e. The molecule has 1 amide bonds. The van der Waals surface area contributed by atoms with Gasteiger partial charge in [0.05, 0.1) is 0 Å². The van der Waals surface area contributed by atoms with E-state index in [1.54, 1.807) is 31.2 Å². The molecule has 1 aromatic carbocycles. The van der Waals surface area contributed by atoms with Crippen molar-refractivity contribution in [2.45, 2.75) is 38.2 Å². The van der Waals surface area contributed by atoms with E-state index in [1.807, 2.05) is 13.0 Å². The average Bonchev–Trinajstić information content (AvgIpc) is 2.50. The number of ether oxygens (including phenoxy) is 1. The maximum Gasteiger partial charge on any atom is 0.315 e. The number of nitrogens with one attached hydrogen (secondary N) is 1. The number of rotatable bonds is 8. The largest absolute Gasteiger partial charge is 0.481 e. The molecular weight excluding hydrogens is 270 g/mol. The lowest BCUT2D eigenvalue weighted by molar-refractivity contribution is -0.144. The molecule has 0 aliphatic heterocycles. The molecule has 0 saturated heterocycles. The fourth-order valence-electron chi connectivity index (χ4n) is 2.35.